The largest absolute Gasteiger partial charge is 0.395 e. The van der Waals surface area contributed by atoms with Crippen molar-refractivity contribution in [3.05, 3.63) is 102 Å². The molecule has 0 spiro atoms. The molecule has 0 aliphatic heterocycles. The Morgan fingerprint density at radius 3 is 2.45 bits per heavy atom. The van der Waals surface area contributed by atoms with E-state index in [-0.39, 0.29) is 25.1 Å². The van der Waals surface area contributed by atoms with Crippen LogP contribution in [-0.4, -0.2) is 48.8 Å². The summed E-state index contributed by atoms with van der Waals surface area (Å²) in [7, 11) is 0. The molecule has 0 aliphatic carbocycles. The lowest BCUT2D eigenvalue weighted by atomic mass is 10.1. The summed E-state index contributed by atoms with van der Waals surface area (Å²) in [4.78, 5) is 14.1. The first-order valence-electron chi connectivity index (χ1n) is 12.4. The number of imidazole rings is 1. The zero-order chi connectivity index (χ0) is 26.5. The predicted molar refractivity (Wildman–Crippen MR) is 145 cm³/mol. The molecular formula is C29H29FN6O2. The summed E-state index contributed by atoms with van der Waals surface area (Å²) in [6.45, 7) is 2.19. The molecule has 0 bridgehead atoms. The highest BCUT2D eigenvalue weighted by atomic mass is 19.1. The molecule has 0 fully saturated rings. The van der Waals surface area contributed by atoms with Crippen molar-refractivity contribution in [3.63, 3.8) is 0 Å². The van der Waals surface area contributed by atoms with Crippen molar-refractivity contribution in [2.45, 2.75) is 25.6 Å². The number of aliphatic hydroxyl groups is 2. The first kappa shape index (κ1) is 25.5. The van der Waals surface area contributed by atoms with Gasteiger partial charge in [-0.05, 0) is 60.5 Å². The van der Waals surface area contributed by atoms with Gasteiger partial charge in [0.15, 0.2) is 0 Å². The van der Waals surface area contributed by atoms with Crippen molar-refractivity contribution in [2.75, 3.05) is 18.5 Å². The Bertz CT molecular complexity index is 1500. The van der Waals surface area contributed by atoms with Crippen LogP contribution in [0.15, 0.2) is 85.2 Å². The van der Waals surface area contributed by atoms with Crippen LogP contribution in [0.5, 0.6) is 0 Å². The minimum Gasteiger partial charge on any atom is -0.395 e. The molecule has 3 heterocycles. The van der Waals surface area contributed by atoms with Gasteiger partial charge in [-0.3, -0.25) is 4.40 Å². The highest BCUT2D eigenvalue weighted by Gasteiger charge is 2.19. The Labute approximate surface area is 219 Å². The number of fused-ring (bicyclic) bond motifs is 1. The van der Waals surface area contributed by atoms with Crippen molar-refractivity contribution in [2.24, 2.45) is 0 Å². The Morgan fingerprint density at radius 1 is 0.947 bits per heavy atom. The van der Waals surface area contributed by atoms with Gasteiger partial charge in [-0.25, -0.2) is 19.3 Å². The molecule has 9 heteroatoms. The Hall–Kier alpha value is -4.18. The van der Waals surface area contributed by atoms with Crippen molar-refractivity contribution < 1.29 is 14.6 Å². The van der Waals surface area contributed by atoms with E-state index in [1.54, 1.807) is 18.3 Å². The fourth-order valence-electron chi connectivity index (χ4n) is 4.28. The molecule has 8 nitrogen and oxygen atoms in total. The zero-order valence-corrected chi connectivity index (χ0v) is 20.9. The van der Waals surface area contributed by atoms with Gasteiger partial charge in [0.25, 0.3) is 0 Å². The van der Waals surface area contributed by atoms with Gasteiger partial charge in [-0.1, -0.05) is 30.3 Å². The van der Waals surface area contributed by atoms with E-state index >= 15 is 0 Å². The number of hydrogen-bond donors (Lipinski definition) is 4. The molecule has 0 unspecified atom stereocenters. The van der Waals surface area contributed by atoms with Crippen LogP contribution in [-0.2, 0) is 6.54 Å². The van der Waals surface area contributed by atoms with Crippen LogP contribution in [0.25, 0.3) is 28.3 Å². The van der Waals surface area contributed by atoms with Crippen LogP contribution in [0, 0.1) is 5.82 Å². The second-order valence-electron chi connectivity index (χ2n) is 9.06. The molecule has 3 aromatic heterocycles. The second kappa shape index (κ2) is 11.5. The number of pyridine rings is 1. The third-order valence-corrected chi connectivity index (χ3v) is 6.39. The van der Waals surface area contributed by atoms with Gasteiger partial charge in [0.1, 0.15) is 11.5 Å². The lowest BCUT2D eigenvalue weighted by Gasteiger charge is -2.15. The Balaban J connectivity index is 1.54. The average molecular weight is 513 g/mol. The fraction of sp³-hybridized carbons (Fsp3) is 0.207. The number of nitrogens with one attached hydrogen (secondary N) is 2. The topological polar surface area (TPSA) is 108 Å². The minimum atomic E-state index is -0.401. The van der Waals surface area contributed by atoms with Crippen LogP contribution >= 0.6 is 0 Å². The third-order valence-electron chi connectivity index (χ3n) is 6.39. The van der Waals surface area contributed by atoms with Crippen LogP contribution in [0.1, 0.15) is 24.1 Å². The van der Waals surface area contributed by atoms with E-state index in [9.17, 15) is 14.6 Å². The smallest absolute Gasteiger partial charge is 0.223 e. The van der Waals surface area contributed by atoms with E-state index in [1.807, 2.05) is 59.1 Å². The minimum absolute atomic E-state index is 0.00179. The van der Waals surface area contributed by atoms with E-state index in [0.29, 0.717) is 29.5 Å². The second-order valence-corrected chi connectivity index (χ2v) is 9.06. The molecular weight excluding hydrogens is 483 g/mol. The number of aliphatic hydroxyl groups excluding tert-OH is 2. The summed E-state index contributed by atoms with van der Waals surface area (Å²) < 4.78 is 15.7. The number of nitrogens with zero attached hydrogens (tertiary/aromatic N) is 4. The molecule has 0 aliphatic rings. The van der Waals surface area contributed by atoms with Crippen LogP contribution in [0.3, 0.4) is 0 Å². The van der Waals surface area contributed by atoms with Gasteiger partial charge in [0, 0.05) is 24.5 Å². The lowest BCUT2D eigenvalue weighted by molar-refractivity contribution is 0.170. The molecule has 1 atom stereocenters. The Kier molecular flexibility index (Phi) is 7.69. The first-order chi connectivity index (χ1) is 18.6. The van der Waals surface area contributed by atoms with Gasteiger partial charge in [0.2, 0.25) is 5.95 Å². The summed E-state index contributed by atoms with van der Waals surface area (Å²) in [6, 6.07) is 21.6. The quantitative estimate of drug-likeness (QED) is 0.222. The van der Waals surface area contributed by atoms with E-state index in [1.165, 1.54) is 12.1 Å². The van der Waals surface area contributed by atoms with Crippen molar-refractivity contribution >= 4 is 11.6 Å². The molecule has 0 amide bonds. The van der Waals surface area contributed by atoms with Gasteiger partial charge in [-0.2, -0.15) is 0 Å². The molecule has 0 saturated carbocycles. The van der Waals surface area contributed by atoms with Gasteiger partial charge in [0.05, 0.1) is 42.4 Å². The highest BCUT2D eigenvalue weighted by Crippen LogP contribution is 2.33. The number of benzene rings is 2. The summed E-state index contributed by atoms with van der Waals surface area (Å²) in [5, 5.41) is 25.2. The predicted octanol–water partition coefficient (Wildman–Crippen LogP) is 4.21. The van der Waals surface area contributed by atoms with Gasteiger partial charge in [-0.15, -0.1) is 0 Å². The molecule has 5 aromatic rings. The highest BCUT2D eigenvalue weighted by molar-refractivity contribution is 5.80. The molecule has 194 valence electrons. The summed E-state index contributed by atoms with van der Waals surface area (Å²) in [5.41, 5.74) is 5.60. The van der Waals surface area contributed by atoms with Crippen molar-refractivity contribution in [3.8, 4) is 22.6 Å². The summed E-state index contributed by atoms with van der Waals surface area (Å²) >= 11 is 0. The number of aromatic nitrogens is 4. The van der Waals surface area contributed by atoms with Crippen LogP contribution in [0.4, 0.5) is 10.3 Å². The van der Waals surface area contributed by atoms with Gasteiger partial charge < -0.3 is 20.8 Å². The van der Waals surface area contributed by atoms with Crippen molar-refractivity contribution in [1.82, 2.24) is 24.7 Å². The number of hydrogen-bond acceptors (Lipinski definition) is 7. The third kappa shape index (κ3) is 5.55. The molecule has 4 N–H and O–H groups in total. The van der Waals surface area contributed by atoms with Crippen molar-refractivity contribution in [1.29, 1.82) is 0 Å². The molecule has 0 radical (unpaired) electrons. The van der Waals surface area contributed by atoms with E-state index < -0.39 is 6.04 Å². The van der Waals surface area contributed by atoms with Gasteiger partial charge >= 0.3 is 0 Å². The monoisotopic (exact) mass is 512 g/mol. The average Bonchev–Trinajstić information content (AvgIpc) is 3.33. The number of rotatable bonds is 10. The van der Waals surface area contributed by atoms with Crippen LogP contribution < -0.4 is 10.6 Å². The maximum absolute atomic E-state index is 13.7. The maximum Gasteiger partial charge on any atom is 0.223 e. The SMILES string of the molecule is C[C@H](Nc1nccc(-c2c(-c3ccc(F)cc3)nc3cc(CNC(CO)CO)ccn23)n1)c1ccccc1. The maximum atomic E-state index is 13.7. The summed E-state index contributed by atoms with van der Waals surface area (Å²) in [5.74, 6) is 0.164. The summed E-state index contributed by atoms with van der Waals surface area (Å²) in [6.07, 6.45) is 3.62. The Morgan fingerprint density at radius 2 is 1.71 bits per heavy atom. The fourth-order valence-corrected chi connectivity index (χ4v) is 4.28. The molecule has 38 heavy (non-hydrogen) atoms. The van der Waals surface area contributed by atoms with Crippen LogP contribution in [0.2, 0.25) is 0 Å². The van der Waals surface area contributed by atoms with E-state index in [2.05, 4.69) is 22.5 Å². The van der Waals surface area contributed by atoms with E-state index in [0.717, 1.165) is 22.4 Å². The normalized spacial score (nSPS) is 12.2. The number of anilines is 1. The standard InChI is InChI=1S/C29H29FN6O2/c1-19(21-5-3-2-4-6-21)33-29-31-13-11-25(34-29)28-27(22-7-9-23(30)10-8-22)35-26-15-20(12-14-36(26)28)16-32-24(17-37)18-38/h2-15,19,24,32,37-38H,16-18H2,1H3,(H,31,33,34)/t19-/m0/s1. The lowest BCUT2D eigenvalue weighted by Crippen LogP contribution is -2.35. The first-order valence-corrected chi connectivity index (χ1v) is 12.4. The molecule has 2 aromatic carbocycles. The van der Waals surface area contributed by atoms with E-state index in [4.69, 9.17) is 9.97 Å². The molecule has 5 rings (SSSR count). The zero-order valence-electron chi connectivity index (χ0n) is 20.9. The number of halogens is 1. The molecule has 0 saturated heterocycles.